The normalized spacial score (nSPS) is 13.6. The van der Waals surface area contributed by atoms with Gasteiger partial charge in [-0.1, -0.05) is 49.4 Å². The van der Waals surface area contributed by atoms with Gasteiger partial charge in [-0.25, -0.2) is 0 Å². The maximum absolute atomic E-state index is 13.0. The Labute approximate surface area is 159 Å². The minimum absolute atomic E-state index is 0.0730. The number of halogens is 3. The second kappa shape index (κ2) is 8.77. The fraction of sp³-hybridized carbons (Fsp3) is 0.300. The molecule has 0 N–H and O–H groups in total. The van der Waals surface area contributed by atoms with Crippen LogP contribution in [0.3, 0.4) is 0 Å². The first-order chi connectivity index (χ1) is 13.1. The van der Waals surface area contributed by atoms with E-state index in [0.717, 1.165) is 12.1 Å². The predicted molar refractivity (Wildman–Crippen MR) is 95.6 cm³/mol. The highest BCUT2D eigenvalue weighted by Crippen LogP contribution is 2.33. The van der Waals surface area contributed by atoms with Gasteiger partial charge in [0.2, 0.25) is 6.54 Å². The number of Topliss-reactive ketones (excluding diaryl/α,β-unsaturated/α-hetero) is 2. The van der Waals surface area contributed by atoms with Gasteiger partial charge in [-0.3, -0.25) is 19.7 Å². The number of hydrogen-bond acceptors (Lipinski definition) is 4. The van der Waals surface area contributed by atoms with E-state index in [9.17, 15) is 32.9 Å². The second-order valence-corrected chi connectivity index (χ2v) is 6.27. The third-order valence-corrected chi connectivity index (χ3v) is 4.43. The van der Waals surface area contributed by atoms with Gasteiger partial charge < -0.3 is 0 Å². The van der Waals surface area contributed by atoms with E-state index in [4.69, 9.17) is 0 Å². The Morgan fingerprint density at radius 1 is 1.07 bits per heavy atom. The molecule has 2 aromatic rings. The Hall–Kier alpha value is -3.03. The summed E-state index contributed by atoms with van der Waals surface area (Å²) in [6.45, 7) is 0.814. The van der Waals surface area contributed by atoms with Crippen molar-refractivity contribution in [1.82, 2.24) is 0 Å². The van der Waals surface area contributed by atoms with Crippen LogP contribution in [-0.4, -0.2) is 23.0 Å². The molecular weight excluding hydrogens is 375 g/mol. The van der Waals surface area contributed by atoms with Gasteiger partial charge in [0.25, 0.3) is 0 Å². The van der Waals surface area contributed by atoms with Crippen molar-refractivity contribution in [3.63, 3.8) is 0 Å². The SMILES string of the molecule is CCC(=O)C(C(=O)c1cccc(C(F)(F)F)c1)[C@H](C[N+](=O)[O-])c1ccccc1. The van der Waals surface area contributed by atoms with Crippen LogP contribution in [0.15, 0.2) is 54.6 Å². The van der Waals surface area contributed by atoms with E-state index in [0.29, 0.717) is 11.6 Å². The molecule has 5 nitrogen and oxygen atoms in total. The van der Waals surface area contributed by atoms with Gasteiger partial charge in [-0.2, -0.15) is 13.2 Å². The lowest BCUT2D eigenvalue weighted by Gasteiger charge is -2.23. The summed E-state index contributed by atoms with van der Waals surface area (Å²) in [6.07, 6.45) is -4.73. The van der Waals surface area contributed by atoms with Crippen molar-refractivity contribution in [1.29, 1.82) is 0 Å². The molecule has 148 valence electrons. The number of hydrogen-bond donors (Lipinski definition) is 0. The van der Waals surface area contributed by atoms with Crippen LogP contribution in [0.4, 0.5) is 13.2 Å². The minimum Gasteiger partial charge on any atom is -0.299 e. The molecule has 0 aliphatic carbocycles. The average molecular weight is 393 g/mol. The van der Waals surface area contributed by atoms with Crippen LogP contribution < -0.4 is 0 Å². The van der Waals surface area contributed by atoms with Crippen molar-refractivity contribution in [2.75, 3.05) is 6.54 Å². The van der Waals surface area contributed by atoms with Crippen molar-refractivity contribution >= 4 is 11.6 Å². The van der Waals surface area contributed by atoms with Crippen molar-refractivity contribution in [2.24, 2.45) is 5.92 Å². The highest BCUT2D eigenvalue weighted by molar-refractivity contribution is 6.11. The molecule has 0 aliphatic rings. The first-order valence-corrected chi connectivity index (χ1v) is 8.56. The molecule has 0 aromatic heterocycles. The van der Waals surface area contributed by atoms with E-state index < -0.39 is 46.6 Å². The molecule has 0 fully saturated rings. The van der Waals surface area contributed by atoms with Gasteiger partial charge in [-0.05, 0) is 17.7 Å². The monoisotopic (exact) mass is 393 g/mol. The summed E-state index contributed by atoms with van der Waals surface area (Å²) in [5.41, 5.74) is -0.913. The molecule has 28 heavy (non-hydrogen) atoms. The van der Waals surface area contributed by atoms with Crippen LogP contribution in [0.5, 0.6) is 0 Å². The fourth-order valence-corrected chi connectivity index (χ4v) is 3.07. The third-order valence-electron chi connectivity index (χ3n) is 4.43. The lowest BCUT2D eigenvalue weighted by atomic mass is 9.78. The summed E-state index contributed by atoms with van der Waals surface area (Å²) in [5, 5.41) is 11.2. The average Bonchev–Trinajstić information content (AvgIpc) is 2.67. The van der Waals surface area contributed by atoms with Crippen LogP contribution in [0.2, 0.25) is 0 Å². The van der Waals surface area contributed by atoms with Crippen molar-refractivity contribution < 1.29 is 27.7 Å². The zero-order chi connectivity index (χ0) is 20.9. The lowest BCUT2D eigenvalue weighted by Crippen LogP contribution is -2.34. The Bertz CT molecular complexity index is 865. The van der Waals surface area contributed by atoms with Crippen molar-refractivity contribution in [3.05, 3.63) is 81.4 Å². The van der Waals surface area contributed by atoms with Gasteiger partial charge in [0, 0.05) is 16.9 Å². The maximum Gasteiger partial charge on any atom is 0.416 e. The molecule has 8 heteroatoms. The Balaban J connectivity index is 2.53. The fourth-order valence-electron chi connectivity index (χ4n) is 3.07. The number of alkyl halides is 3. The minimum atomic E-state index is -4.65. The molecule has 0 radical (unpaired) electrons. The van der Waals surface area contributed by atoms with Gasteiger partial charge in [0.15, 0.2) is 5.78 Å². The first-order valence-electron chi connectivity index (χ1n) is 8.56. The van der Waals surface area contributed by atoms with E-state index in [-0.39, 0.29) is 12.0 Å². The quantitative estimate of drug-likeness (QED) is 0.285. The number of ketones is 2. The third kappa shape index (κ3) is 5.03. The summed E-state index contributed by atoms with van der Waals surface area (Å²) >= 11 is 0. The summed E-state index contributed by atoms with van der Waals surface area (Å²) < 4.78 is 39.0. The molecule has 1 unspecified atom stereocenters. The number of nitro groups is 1. The van der Waals surface area contributed by atoms with E-state index in [1.165, 1.54) is 13.0 Å². The lowest BCUT2D eigenvalue weighted by molar-refractivity contribution is -0.484. The number of benzene rings is 2. The molecule has 0 aliphatic heterocycles. The largest absolute Gasteiger partial charge is 0.416 e. The van der Waals surface area contributed by atoms with Gasteiger partial charge in [0.1, 0.15) is 5.78 Å². The standard InChI is InChI=1S/C20H18F3NO4/c1-2-17(25)18(16(12-24(27)28)13-7-4-3-5-8-13)19(26)14-9-6-10-15(11-14)20(21,22)23/h3-11,16,18H,2,12H2,1H3/t16-,18?/m1/s1. The molecule has 0 saturated carbocycles. The van der Waals surface area contributed by atoms with Crippen molar-refractivity contribution in [2.45, 2.75) is 25.4 Å². The van der Waals surface area contributed by atoms with E-state index in [2.05, 4.69) is 0 Å². The topological polar surface area (TPSA) is 77.3 Å². The highest BCUT2D eigenvalue weighted by Gasteiger charge is 2.39. The highest BCUT2D eigenvalue weighted by atomic mass is 19.4. The number of rotatable bonds is 8. The second-order valence-electron chi connectivity index (χ2n) is 6.27. The van der Waals surface area contributed by atoms with Crippen LogP contribution in [0, 0.1) is 16.0 Å². The van der Waals surface area contributed by atoms with Gasteiger partial charge in [0.05, 0.1) is 17.4 Å². The summed E-state index contributed by atoms with van der Waals surface area (Å²) in [4.78, 5) is 36.1. The Morgan fingerprint density at radius 2 is 1.71 bits per heavy atom. The van der Waals surface area contributed by atoms with Crippen LogP contribution in [-0.2, 0) is 11.0 Å². The van der Waals surface area contributed by atoms with Crippen LogP contribution >= 0.6 is 0 Å². The van der Waals surface area contributed by atoms with Crippen LogP contribution in [0.25, 0.3) is 0 Å². The zero-order valence-corrected chi connectivity index (χ0v) is 15.0. The molecule has 2 aromatic carbocycles. The molecule has 0 heterocycles. The number of carbonyl (C=O) groups is 2. The number of nitrogens with zero attached hydrogens (tertiary/aromatic N) is 1. The molecule has 0 spiro atoms. The Morgan fingerprint density at radius 3 is 2.25 bits per heavy atom. The maximum atomic E-state index is 13.0. The molecule has 0 bridgehead atoms. The summed E-state index contributed by atoms with van der Waals surface area (Å²) in [5.74, 6) is -3.93. The van der Waals surface area contributed by atoms with Gasteiger partial charge >= 0.3 is 6.18 Å². The van der Waals surface area contributed by atoms with Gasteiger partial charge in [-0.15, -0.1) is 0 Å². The molecule has 0 saturated heterocycles. The molecule has 2 atom stereocenters. The van der Waals surface area contributed by atoms with Crippen LogP contribution in [0.1, 0.15) is 40.7 Å². The smallest absolute Gasteiger partial charge is 0.299 e. The zero-order valence-electron chi connectivity index (χ0n) is 15.0. The van der Waals surface area contributed by atoms with E-state index in [1.54, 1.807) is 30.3 Å². The summed E-state index contributed by atoms with van der Waals surface area (Å²) in [6, 6.07) is 11.8. The summed E-state index contributed by atoms with van der Waals surface area (Å²) in [7, 11) is 0. The van der Waals surface area contributed by atoms with Crippen molar-refractivity contribution in [3.8, 4) is 0 Å². The Kier molecular flexibility index (Phi) is 6.66. The van der Waals surface area contributed by atoms with E-state index >= 15 is 0 Å². The molecular formula is C20H18F3NO4. The number of carbonyl (C=O) groups excluding carboxylic acids is 2. The van der Waals surface area contributed by atoms with E-state index in [1.807, 2.05) is 0 Å². The molecule has 0 amide bonds. The predicted octanol–water partition coefficient (Wildman–Crippen LogP) is 4.54. The molecule has 2 rings (SSSR count). The first kappa shape index (κ1) is 21.3.